The second-order valence-corrected chi connectivity index (χ2v) is 6.14. The van der Waals surface area contributed by atoms with Gasteiger partial charge in [-0.15, -0.1) is 0 Å². The molecule has 2 atom stereocenters. The normalized spacial score (nSPS) is 20.2. The minimum Gasteiger partial charge on any atom is -0.481 e. The van der Waals surface area contributed by atoms with Crippen molar-refractivity contribution in [2.75, 3.05) is 5.32 Å². The standard InChI is InChI=1S/C17H21N3O3/c1-2-3-4-15-19-13-8-5-10(9-14(13)20-15)18-16(21)11-6-7-12(11)17(22)23/h5,8-9,11-12H,2-4,6-7H2,1H3,(H,18,21)(H,19,20)(H,22,23). The van der Waals surface area contributed by atoms with Crippen LogP contribution in [0.15, 0.2) is 18.2 Å². The van der Waals surface area contributed by atoms with Gasteiger partial charge in [-0.3, -0.25) is 9.59 Å². The minimum absolute atomic E-state index is 0.214. The number of carbonyl (C=O) groups is 2. The Labute approximate surface area is 134 Å². The van der Waals surface area contributed by atoms with Gasteiger partial charge in [0.2, 0.25) is 5.91 Å². The Bertz CT molecular complexity index is 738. The number of aryl methyl sites for hydroxylation is 1. The number of hydrogen-bond donors (Lipinski definition) is 3. The van der Waals surface area contributed by atoms with Crippen molar-refractivity contribution in [2.24, 2.45) is 11.8 Å². The third-order valence-corrected chi connectivity index (χ3v) is 4.49. The van der Waals surface area contributed by atoms with Crippen molar-refractivity contribution >= 4 is 28.6 Å². The molecule has 0 bridgehead atoms. The van der Waals surface area contributed by atoms with E-state index in [0.29, 0.717) is 18.5 Å². The number of aromatic amines is 1. The lowest BCUT2D eigenvalue weighted by Gasteiger charge is -2.31. The maximum absolute atomic E-state index is 12.2. The van der Waals surface area contributed by atoms with Gasteiger partial charge in [-0.1, -0.05) is 13.3 Å². The number of aliphatic carboxylic acids is 1. The summed E-state index contributed by atoms with van der Waals surface area (Å²) in [6, 6.07) is 5.52. The number of fused-ring (bicyclic) bond motifs is 1. The van der Waals surface area contributed by atoms with Gasteiger partial charge in [0.15, 0.2) is 0 Å². The van der Waals surface area contributed by atoms with E-state index in [0.717, 1.165) is 36.1 Å². The molecule has 0 saturated heterocycles. The van der Waals surface area contributed by atoms with Crippen molar-refractivity contribution in [3.63, 3.8) is 0 Å². The van der Waals surface area contributed by atoms with Gasteiger partial charge >= 0.3 is 5.97 Å². The van der Waals surface area contributed by atoms with E-state index < -0.39 is 17.8 Å². The molecule has 0 spiro atoms. The van der Waals surface area contributed by atoms with Crippen LogP contribution in [-0.4, -0.2) is 27.0 Å². The lowest BCUT2D eigenvalue weighted by atomic mass is 9.73. The topological polar surface area (TPSA) is 95.1 Å². The number of imidazole rings is 1. The summed E-state index contributed by atoms with van der Waals surface area (Å²) in [5, 5.41) is 11.9. The van der Waals surface area contributed by atoms with Crippen LogP contribution in [0.4, 0.5) is 5.69 Å². The van der Waals surface area contributed by atoms with E-state index in [1.807, 2.05) is 12.1 Å². The average molecular weight is 315 g/mol. The summed E-state index contributed by atoms with van der Waals surface area (Å²) >= 11 is 0. The first-order valence-electron chi connectivity index (χ1n) is 8.10. The molecule has 1 aliphatic carbocycles. The zero-order valence-corrected chi connectivity index (χ0v) is 13.1. The molecule has 1 saturated carbocycles. The van der Waals surface area contributed by atoms with Crippen molar-refractivity contribution < 1.29 is 14.7 Å². The molecule has 3 N–H and O–H groups in total. The molecule has 6 nitrogen and oxygen atoms in total. The first kappa shape index (κ1) is 15.5. The number of aromatic nitrogens is 2. The second-order valence-electron chi connectivity index (χ2n) is 6.14. The van der Waals surface area contributed by atoms with Gasteiger partial charge in [0.25, 0.3) is 0 Å². The largest absolute Gasteiger partial charge is 0.481 e. The predicted octanol–water partition coefficient (Wildman–Crippen LogP) is 2.95. The second kappa shape index (κ2) is 6.40. The van der Waals surface area contributed by atoms with Crippen LogP contribution < -0.4 is 5.32 Å². The minimum atomic E-state index is -0.888. The van der Waals surface area contributed by atoms with Crippen LogP contribution in [0.1, 0.15) is 38.4 Å². The fourth-order valence-corrected chi connectivity index (χ4v) is 2.95. The molecule has 0 aliphatic heterocycles. The smallest absolute Gasteiger partial charge is 0.307 e. The summed E-state index contributed by atoms with van der Waals surface area (Å²) in [5.41, 5.74) is 2.43. The Hall–Kier alpha value is -2.37. The van der Waals surface area contributed by atoms with Crippen molar-refractivity contribution in [1.82, 2.24) is 9.97 Å². The van der Waals surface area contributed by atoms with E-state index in [-0.39, 0.29) is 5.91 Å². The van der Waals surface area contributed by atoms with Gasteiger partial charge in [0, 0.05) is 12.1 Å². The highest BCUT2D eigenvalue weighted by atomic mass is 16.4. The van der Waals surface area contributed by atoms with E-state index in [1.54, 1.807) is 6.07 Å². The fraction of sp³-hybridized carbons (Fsp3) is 0.471. The lowest BCUT2D eigenvalue weighted by molar-refractivity contribution is -0.151. The Balaban J connectivity index is 1.70. The quantitative estimate of drug-likeness (QED) is 0.763. The van der Waals surface area contributed by atoms with E-state index in [9.17, 15) is 9.59 Å². The zero-order chi connectivity index (χ0) is 16.4. The fourth-order valence-electron chi connectivity index (χ4n) is 2.95. The highest BCUT2D eigenvalue weighted by molar-refractivity contribution is 5.97. The lowest BCUT2D eigenvalue weighted by Crippen LogP contribution is -2.41. The molecule has 1 aliphatic rings. The number of benzene rings is 1. The molecule has 3 rings (SSSR count). The third kappa shape index (κ3) is 3.21. The molecule has 0 radical (unpaired) electrons. The Morgan fingerprint density at radius 3 is 2.78 bits per heavy atom. The molecule has 1 heterocycles. The molecule has 2 unspecified atom stereocenters. The van der Waals surface area contributed by atoms with E-state index >= 15 is 0 Å². The third-order valence-electron chi connectivity index (χ3n) is 4.49. The first-order chi connectivity index (χ1) is 11.1. The summed E-state index contributed by atoms with van der Waals surface area (Å²) in [5.74, 6) is -1.12. The van der Waals surface area contributed by atoms with Gasteiger partial charge in [0.1, 0.15) is 5.82 Å². The molecule has 1 aromatic heterocycles. The molecule has 1 amide bonds. The van der Waals surface area contributed by atoms with Crippen LogP contribution in [0.25, 0.3) is 11.0 Å². The van der Waals surface area contributed by atoms with Crippen molar-refractivity contribution in [1.29, 1.82) is 0 Å². The summed E-state index contributed by atoms with van der Waals surface area (Å²) < 4.78 is 0. The number of nitrogens with one attached hydrogen (secondary N) is 2. The van der Waals surface area contributed by atoms with Crippen LogP contribution in [0.5, 0.6) is 0 Å². The van der Waals surface area contributed by atoms with Crippen molar-refractivity contribution in [3.05, 3.63) is 24.0 Å². The van der Waals surface area contributed by atoms with Crippen molar-refractivity contribution in [3.8, 4) is 0 Å². The van der Waals surface area contributed by atoms with Gasteiger partial charge in [0.05, 0.1) is 22.9 Å². The molecule has 122 valence electrons. The number of unbranched alkanes of at least 4 members (excludes halogenated alkanes) is 1. The Morgan fingerprint density at radius 2 is 2.13 bits per heavy atom. The average Bonchev–Trinajstić information content (AvgIpc) is 2.85. The number of carbonyl (C=O) groups excluding carboxylic acids is 1. The highest BCUT2D eigenvalue weighted by Gasteiger charge is 2.41. The van der Waals surface area contributed by atoms with E-state index in [2.05, 4.69) is 22.2 Å². The van der Waals surface area contributed by atoms with Crippen LogP contribution in [0.3, 0.4) is 0 Å². The van der Waals surface area contributed by atoms with Gasteiger partial charge in [-0.2, -0.15) is 0 Å². The molecular formula is C17H21N3O3. The first-order valence-corrected chi connectivity index (χ1v) is 8.10. The van der Waals surface area contributed by atoms with Crippen LogP contribution in [0, 0.1) is 11.8 Å². The number of H-pyrrole nitrogens is 1. The highest BCUT2D eigenvalue weighted by Crippen LogP contribution is 2.35. The van der Waals surface area contributed by atoms with Crippen LogP contribution >= 0.6 is 0 Å². The summed E-state index contributed by atoms with van der Waals surface area (Å²) in [6.07, 6.45) is 4.32. The van der Waals surface area contributed by atoms with E-state index in [1.165, 1.54) is 0 Å². The summed E-state index contributed by atoms with van der Waals surface area (Å²) in [6.45, 7) is 2.14. The van der Waals surface area contributed by atoms with Gasteiger partial charge in [-0.25, -0.2) is 4.98 Å². The van der Waals surface area contributed by atoms with Crippen molar-refractivity contribution in [2.45, 2.75) is 39.0 Å². The zero-order valence-electron chi connectivity index (χ0n) is 13.1. The monoisotopic (exact) mass is 315 g/mol. The number of amides is 1. The maximum atomic E-state index is 12.2. The molecule has 23 heavy (non-hydrogen) atoms. The molecule has 1 aromatic carbocycles. The number of carboxylic acid groups (broad SMARTS) is 1. The van der Waals surface area contributed by atoms with Crippen LogP contribution in [0.2, 0.25) is 0 Å². The predicted molar refractivity (Wildman–Crippen MR) is 87.2 cm³/mol. The summed E-state index contributed by atoms with van der Waals surface area (Å²) in [4.78, 5) is 31.0. The van der Waals surface area contributed by atoms with E-state index in [4.69, 9.17) is 5.11 Å². The Kier molecular flexibility index (Phi) is 4.32. The maximum Gasteiger partial charge on any atom is 0.307 e. The number of carboxylic acids is 1. The number of nitrogens with zero attached hydrogens (tertiary/aromatic N) is 1. The molecule has 6 heteroatoms. The molecular weight excluding hydrogens is 294 g/mol. The van der Waals surface area contributed by atoms with Gasteiger partial charge in [-0.05, 0) is 37.5 Å². The van der Waals surface area contributed by atoms with Crippen LogP contribution in [-0.2, 0) is 16.0 Å². The number of hydrogen-bond acceptors (Lipinski definition) is 3. The number of anilines is 1. The Morgan fingerprint density at radius 1 is 1.35 bits per heavy atom. The molecule has 2 aromatic rings. The number of rotatable bonds is 6. The van der Waals surface area contributed by atoms with Gasteiger partial charge < -0.3 is 15.4 Å². The SMILES string of the molecule is CCCCc1nc2ccc(NC(=O)C3CCC3C(=O)O)cc2[nH]1. The summed E-state index contributed by atoms with van der Waals surface area (Å²) in [7, 11) is 0. The molecule has 1 fully saturated rings.